The Labute approximate surface area is 111 Å². The summed E-state index contributed by atoms with van der Waals surface area (Å²) in [6.45, 7) is 7.73. The zero-order chi connectivity index (χ0) is 12.7. The molecule has 0 unspecified atom stereocenters. The van der Waals surface area contributed by atoms with Gasteiger partial charge in [-0.25, -0.2) is 0 Å². The van der Waals surface area contributed by atoms with Crippen molar-refractivity contribution in [2.75, 3.05) is 0 Å². The molecule has 2 aliphatic carbocycles. The van der Waals surface area contributed by atoms with Crippen LogP contribution in [0.25, 0.3) is 0 Å². The molecule has 0 saturated heterocycles. The summed E-state index contributed by atoms with van der Waals surface area (Å²) in [5.41, 5.74) is 5.77. The quantitative estimate of drug-likeness (QED) is 0.827. The van der Waals surface area contributed by atoms with Gasteiger partial charge in [-0.1, -0.05) is 12.1 Å². The van der Waals surface area contributed by atoms with Crippen molar-refractivity contribution in [2.24, 2.45) is 11.8 Å². The summed E-state index contributed by atoms with van der Waals surface area (Å²) in [5, 5.41) is 3.85. The van der Waals surface area contributed by atoms with Crippen LogP contribution >= 0.6 is 0 Å². The van der Waals surface area contributed by atoms with Crippen LogP contribution in [-0.4, -0.2) is 6.04 Å². The lowest BCUT2D eigenvalue weighted by atomic mass is 10.00. The molecule has 0 aliphatic heterocycles. The first-order valence-corrected chi connectivity index (χ1v) is 7.45. The Morgan fingerprint density at radius 1 is 0.944 bits per heavy atom. The number of hydrogen-bond donors (Lipinski definition) is 1. The number of hydrogen-bond acceptors (Lipinski definition) is 1. The van der Waals surface area contributed by atoms with Gasteiger partial charge in [0, 0.05) is 12.6 Å². The molecule has 1 aromatic rings. The topological polar surface area (TPSA) is 12.0 Å². The second kappa shape index (κ2) is 4.70. The van der Waals surface area contributed by atoms with E-state index in [-0.39, 0.29) is 0 Å². The summed E-state index contributed by atoms with van der Waals surface area (Å²) < 4.78 is 0. The van der Waals surface area contributed by atoms with Crippen LogP contribution in [0, 0.1) is 32.6 Å². The molecule has 2 aliphatic rings. The van der Waals surface area contributed by atoms with Gasteiger partial charge in [0.15, 0.2) is 0 Å². The summed E-state index contributed by atoms with van der Waals surface area (Å²) in [6, 6.07) is 5.51. The molecule has 18 heavy (non-hydrogen) atoms. The predicted molar refractivity (Wildman–Crippen MR) is 76.7 cm³/mol. The van der Waals surface area contributed by atoms with Crippen LogP contribution in [0.4, 0.5) is 0 Å². The van der Waals surface area contributed by atoms with Crippen molar-refractivity contribution in [1.29, 1.82) is 0 Å². The minimum Gasteiger partial charge on any atom is -0.309 e. The molecule has 0 radical (unpaired) electrons. The fourth-order valence-corrected chi connectivity index (χ4v) is 3.07. The van der Waals surface area contributed by atoms with Crippen molar-refractivity contribution in [3.8, 4) is 0 Å². The Bertz CT molecular complexity index is 429. The largest absolute Gasteiger partial charge is 0.309 e. The highest BCUT2D eigenvalue weighted by Gasteiger charge is 2.40. The van der Waals surface area contributed by atoms with Crippen LogP contribution in [-0.2, 0) is 6.54 Å². The number of rotatable bonds is 5. The van der Waals surface area contributed by atoms with Gasteiger partial charge in [0.25, 0.3) is 0 Å². The zero-order valence-corrected chi connectivity index (χ0v) is 11.9. The summed E-state index contributed by atoms with van der Waals surface area (Å²) in [4.78, 5) is 0. The van der Waals surface area contributed by atoms with Crippen LogP contribution < -0.4 is 5.32 Å². The molecule has 2 saturated carbocycles. The van der Waals surface area contributed by atoms with Crippen molar-refractivity contribution in [1.82, 2.24) is 5.32 Å². The van der Waals surface area contributed by atoms with Crippen LogP contribution in [0.5, 0.6) is 0 Å². The molecule has 1 nitrogen and oxygen atoms in total. The number of benzene rings is 1. The zero-order valence-electron chi connectivity index (χ0n) is 11.9. The maximum Gasteiger partial charge on any atom is 0.0211 e. The molecule has 1 heteroatoms. The first-order chi connectivity index (χ1) is 8.65. The van der Waals surface area contributed by atoms with E-state index in [2.05, 4.69) is 38.2 Å². The van der Waals surface area contributed by atoms with Crippen LogP contribution in [0.2, 0.25) is 0 Å². The fraction of sp³-hybridized carbons (Fsp3) is 0.647. The summed E-state index contributed by atoms with van der Waals surface area (Å²) in [5.74, 6) is 1.98. The minimum atomic E-state index is 0.811. The molecule has 0 amide bonds. The molecule has 3 rings (SSSR count). The van der Waals surface area contributed by atoms with E-state index >= 15 is 0 Å². The standard InChI is InChI=1S/C17H25N/c1-11-8-13(3)16(9-12(11)2)10-18-17(14-4-5-14)15-6-7-15/h8-9,14-15,17-18H,4-7,10H2,1-3H3. The van der Waals surface area contributed by atoms with E-state index in [0.29, 0.717) is 0 Å². The highest BCUT2D eigenvalue weighted by molar-refractivity contribution is 5.36. The Balaban J connectivity index is 1.66. The van der Waals surface area contributed by atoms with Gasteiger partial charge in [-0.2, -0.15) is 0 Å². The number of nitrogens with one attached hydrogen (secondary N) is 1. The molecule has 2 fully saturated rings. The fourth-order valence-electron chi connectivity index (χ4n) is 3.07. The smallest absolute Gasteiger partial charge is 0.0211 e. The second-order valence-corrected chi connectivity index (χ2v) is 6.44. The van der Waals surface area contributed by atoms with Gasteiger partial charge in [-0.05, 0) is 80.5 Å². The third-order valence-electron chi connectivity index (χ3n) is 4.74. The molecular formula is C17H25N. The van der Waals surface area contributed by atoms with E-state index in [1.54, 1.807) is 0 Å². The third kappa shape index (κ3) is 2.61. The van der Waals surface area contributed by atoms with Crippen molar-refractivity contribution in [3.63, 3.8) is 0 Å². The highest BCUT2D eigenvalue weighted by Crippen LogP contribution is 2.44. The summed E-state index contributed by atoms with van der Waals surface area (Å²) in [7, 11) is 0. The number of aryl methyl sites for hydroxylation is 3. The molecule has 1 N–H and O–H groups in total. The Kier molecular flexibility index (Phi) is 3.19. The maximum absolute atomic E-state index is 3.85. The van der Waals surface area contributed by atoms with E-state index in [1.165, 1.54) is 47.9 Å². The lowest BCUT2D eigenvalue weighted by Gasteiger charge is -2.19. The Morgan fingerprint density at radius 2 is 1.50 bits per heavy atom. The highest BCUT2D eigenvalue weighted by atomic mass is 14.9. The normalized spacial score (nSPS) is 19.6. The SMILES string of the molecule is Cc1cc(C)c(CNC(C2CC2)C2CC2)cc1C. The Hall–Kier alpha value is -0.820. The lowest BCUT2D eigenvalue weighted by Crippen LogP contribution is -2.32. The average molecular weight is 243 g/mol. The first-order valence-electron chi connectivity index (χ1n) is 7.45. The summed E-state index contributed by atoms with van der Waals surface area (Å²) >= 11 is 0. The van der Waals surface area contributed by atoms with Gasteiger partial charge >= 0.3 is 0 Å². The molecule has 98 valence electrons. The van der Waals surface area contributed by atoms with Crippen molar-refractivity contribution < 1.29 is 0 Å². The van der Waals surface area contributed by atoms with Gasteiger partial charge < -0.3 is 5.32 Å². The molecule has 0 heterocycles. The summed E-state index contributed by atoms with van der Waals surface area (Å²) in [6.07, 6.45) is 5.83. The average Bonchev–Trinajstić information content (AvgIpc) is 3.17. The van der Waals surface area contributed by atoms with Crippen LogP contribution in [0.3, 0.4) is 0 Å². The van der Waals surface area contributed by atoms with E-state index in [4.69, 9.17) is 0 Å². The lowest BCUT2D eigenvalue weighted by molar-refractivity contribution is 0.415. The predicted octanol–water partition coefficient (Wildman–Crippen LogP) is 3.89. The molecule has 0 bridgehead atoms. The van der Waals surface area contributed by atoms with Gasteiger partial charge in [0.2, 0.25) is 0 Å². The molecule has 0 spiro atoms. The molecular weight excluding hydrogens is 218 g/mol. The minimum absolute atomic E-state index is 0.811. The van der Waals surface area contributed by atoms with Gasteiger partial charge in [-0.15, -0.1) is 0 Å². The monoisotopic (exact) mass is 243 g/mol. The molecule has 1 aromatic carbocycles. The van der Waals surface area contributed by atoms with Crippen LogP contribution in [0.1, 0.15) is 47.9 Å². The van der Waals surface area contributed by atoms with Gasteiger partial charge in [0.05, 0.1) is 0 Å². The van der Waals surface area contributed by atoms with E-state index in [9.17, 15) is 0 Å². The van der Waals surface area contributed by atoms with Crippen LogP contribution in [0.15, 0.2) is 12.1 Å². The van der Waals surface area contributed by atoms with Gasteiger partial charge in [-0.3, -0.25) is 0 Å². The maximum atomic E-state index is 3.85. The van der Waals surface area contributed by atoms with Crippen molar-refractivity contribution in [2.45, 2.75) is 59.0 Å². The van der Waals surface area contributed by atoms with E-state index in [1.807, 2.05) is 0 Å². The van der Waals surface area contributed by atoms with E-state index in [0.717, 1.165) is 24.4 Å². The Morgan fingerprint density at radius 3 is 2.06 bits per heavy atom. The van der Waals surface area contributed by atoms with Gasteiger partial charge in [0.1, 0.15) is 0 Å². The first kappa shape index (κ1) is 12.2. The molecule has 0 aromatic heterocycles. The van der Waals surface area contributed by atoms with Crippen molar-refractivity contribution >= 4 is 0 Å². The second-order valence-electron chi connectivity index (χ2n) is 6.44. The molecule has 0 atom stereocenters. The van der Waals surface area contributed by atoms with E-state index < -0.39 is 0 Å². The third-order valence-corrected chi connectivity index (χ3v) is 4.74. The van der Waals surface area contributed by atoms with Crippen molar-refractivity contribution in [3.05, 3.63) is 34.4 Å².